The summed E-state index contributed by atoms with van der Waals surface area (Å²) in [4.78, 5) is 11.5. The minimum Gasteiger partial charge on any atom is -0.494 e. The van der Waals surface area contributed by atoms with E-state index in [0.29, 0.717) is 19.8 Å². The van der Waals surface area contributed by atoms with E-state index in [-0.39, 0.29) is 12.0 Å². The van der Waals surface area contributed by atoms with Crippen molar-refractivity contribution in [1.82, 2.24) is 5.32 Å². The summed E-state index contributed by atoms with van der Waals surface area (Å²) >= 11 is 0. The Kier molecular flexibility index (Phi) is 6.87. The van der Waals surface area contributed by atoms with Gasteiger partial charge in [-0.15, -0.1) is 0 Å². The molecule has 4 heteroatoms. The van der Waals surface area contributed by atoms with Crippen molar-refractivity contribution in [2.75, 3.05) is 19.8 Å². The number of ether oxygens (including phenoxy) is 2. The molecule has 0 heterocycles. The molecule has 0 saturated heterocycles. The molecule has 0 fully saturated rings. The van der Waals surface area contributed by atoms with Crippen LogP contribution < -0.4 is 10.1 Å². The van der Waals surface area contributed by atoms with E-state index >= 15 is 0 Å². The van der Waals surface area contributed by atoms with Gasteiger partial charge in [0.15, 0.2) is 0 Å². The smallest absolute Gasteiger partial charge is 0.248 e. The Labute approximate surface area is 108 Å². The standard InChI is InChI=1S/C14H21NO3/c1-3-17-12(2)14(16)15-10-7-11-18-13-8-5-4-6-9-13/h4-6,8-9,12H,3,7,10-11H2,1-2H3,(H,15,16)/t12-/m0/s1. The first-order valence-corrected chi connectivity index (χ1v) is 6.31. The molecule has 0 aromatic heterocycles. The maximum Gasteiger partial charge on any atom is 0.248 e. The topological polar surface area (TPSA) is 47.6 Å². The Hall–Kier alpha value is -1.55. The molecule has 4 nitrogen and oxygen atoms in total. The van der Waals surface area contributed by atoms with Gasteiger partial charge in [-0.2, -0.15) is 0 Å². The van der Waals surface area contributed by atoms with Gasteiger partial charge in [-0.05, 0) is 32.4 Å². The van der Waals surface area contributed by atoms with Gasteiger partial charge in [0, 0.05) is 13.2 Å². The van der Waals surface area contributed by atoms with Gasteiger partial charge in [-0.3, -0.25) is 4.79 Å². The van der Waals surface area contributed by atoms with Crippen molar-refractivity contribution in [1.29, 1.82) is 0 Å². The summed E-state index contributed by atoms with van der Waals surface area (Å²) in [6.45, 7) is 5.36. The van der Waals surface area contributed by atoms with Gasteiger partial charge >= 0.3 is 0 Å². The Morgan fingerprint density at radius 1 is 1.33 bits per heavy atom. The highest BCUT2D eigenvalue weighted by Crippen LogP contribution is 2.07. The molecule has 100 valence electrons. The van der Waals surface area contributed by atoms with Crippen molar-refractivity contribution in [2.45, 2.75) is 26.4 Å². The molecule has 1 N–H and O–H groups in total. The van der Waals surface area contributed by atoms with Crippen molar-refractivity contribution in [3.63, 3.8) is 0 Å². The van der Waals surface area contributed by atoms with Crippen LogP contribution in [0.4, 0.5) is 0 Å². The van der Waals surface area contributed by atoms with E-state index in [1.54, 1.807) is 6.92 Å². The van der Waals surface area contributed by atoms with E-state index < -0.39 is 0 Å². The zero-order chi connectivity index (χ0) is 13.2. The molecule has 1 atom stereocenters. The Balaban J connectivity index is 2.07. The zero-order valence-electron chi connectivity index (χ0n) is 11.0. The first kappa shape index (κ1) is 14.5. The van der Waals surface area contributed by atoms with Gasteiger partial charge in [-0.25, -0.2) is 0 Å². The molecule has 18 heavy (non-hydrogen) atoms. The van der Waals surface area contributed by atoms with Crippen molar-refractivity contribution >= 4 is 5.91 Å². The minimum atomic E-state index is -0.384. The summed E-state index contributed by atoms with van der Waals surface area (Å²) in [5.74, 6) is 0.781. The molecule has 1 aromatic rings. The largest absolute Gasteiger partial charge is 0.494 e. The number of carbonyl (C=O) groups excluding carboxylic acids is 1. The van der Waals surface area contributed by atoms with E-state index in [0.717, 1.165) is 12.2 Å². The van der Waals surface area contributed by atoms with Crippen LogP contribution in [0.25, 0.3) is 0 Å². The first-order valence-electron chi connectivity index (χ1n) is 6.31. The Morgan fingerprint density at radius 2 is 2.06 bits per heavy atom. The lowest BCUT2D eigenvalue weighted by atomic mass is 10.3. The lowest BCUT2D eigenvalue weighted by Crippen LogP contribution is -2.35. The predicted molar refractivity (Wildman–Crippen MR) is 70.7 cm³/mol. The molecule has 0 unspecified atom stereocenters. The maximum absolute atomic E-state index is 11.5. The van der Waals surface area contributed by atoms with E-state index in [9.17, 15) is 4.79 Å². The van der Waals surface area contributed by atoms with Crippen LogP contribution in [0, 0.1) is 0 Å². The van der Waals surface area contributed by atoms with Crippen molar-refractivity contribution in [3.8, 4) is 5.75 Å². The van der Waals surface area contributed by atoms with Crippen LogP contribution in [0.15, 0.2) is 30.3 Å². The third-order valence-corrected chi connectivity index (χ3v) is 2.42. The van der Waals surface area contributed by atoms with Crippen molar-refractivity contribution < 1.29 is 14.3 Å². The fourth-order valence-corrected chi connectivity index (χ4v) is 1.46. The summed E-state index contributed by atoms with van der Waals surface area (Å²) in [6.07, 6.45) is 0.393. The molecule has 1 aromatic carbocycles. The Morgan fingerprint density at radius 3 is 2.72 bits per heavy atom. The molecule has 0 aliphatic carbocycles. The summed E-state index contributed by atoms with van der Waals surface area (Å²) < 4.78 is 10.7. The summed E-state index contributed by atoms with van der Waals surface area (Å²) in [6, 6.07) is 9.63. The number of para-hydroxylation sites is 1. The number of hydrogen-bond donors (Lipinski definition) is 1. The van der Waals surface area contributed by atoms with Gasteiger partial charge in [0.1, 0.15) is 11.9 Å². The second-order valence-corrected chi connectivity index (χ2v) is 3.90. The van der Waals surface area contributed by atoms with Gasteiger partial charge in [0.25, 0.3) is 0 Å². The maximum atomic E-state index is 11.5. The second kappa shape index (κ2) is 8.53. The lowest BCUT2D eigenvalue weighted by Gasteiger charge is -2.12. The highest BCUT2D eigenvalue weighted by atomic mass is 16.5. The fourth-order valence-electron chi connectivity index (χ4n) is 1.46. The van der Waals surface area contributed by atoms with E-state index in [1.165, 1.54) is 0 Å². The van der Waals surface area contributed by atoms with E-state index in [2.05, 4.69) is 5.32 Å². The van der Waals surface area contributed by atoms with Crippen molar-refractivity contribution in [2.24, 2.45) is 0 Å². The fraction of sp³-hybridized carbons (Fsp3) is 0.500. The summed E-state index contributed by atoms with van der Waals surface area (Å²) in [5.41, 5.74) is 0. The number of rotatable bonds is 8. The van der Waals surface area contributed by atoms with Crippen LogP contribution in [0.3, 0.4) is 0 Å². The molecule has 0 aliphatic rings. The summed E-state index contributed by atoms with van der Waals surface area (Å²) in [7, 11) is 0. The first-order chi connectivity index (χ1) is 8.74. The van der Waals surface area contributed by atoms with E-state index in [1.807, 2.05) is 37.3 Å². The van der Waals surface area contributed by atoms with Gasteiger partial charge in [-0.1, -0.05) is 18.2 Å². The van der Waals surface area contributed by atoms with Crippen LogP contribution >= 0.6 is 0 Å². The quantitative estimate of drug-likeness (QED) is 0.719. The van der Waals surface area contributed by atoms with Crippen LogP contribution in [0.1, 0.15) is 20.3 Å². The highest BCUT2D eigenvalue weighted by molar-refractivity contribution is 5.80. The molecular formula is C14H21NO3. The van der Waals surface area contributed by atoms with Crippen LogP contribution in [0.2, 0.25) is 0 Å². The van der Waals surface area contributed by atoms with Crippen LogP contribution in [-0.4, -0.2) is 31.8 Å². The monoisotopic (exact) mass is 251 g/mol. The third kappa shape index (κ3) is 5.68. The number of nitrogens with one attached hydrogen (secondary N) is 1. The molecule has 1 amide bonds. The normalized spacial score (nSPS) is 11.9. The molecular weight excluding hydrogens is 230 g/mol. The van der Waals surface area contributed by atoms with Crippen LogP contribution in [0.5, 0.6) is 5.75 Å². The average molecular weight is 251 g/mol. The average Bonchev–Trinajstić information content (AvgIpc) is 2.39. The number of amides is 1. The Bertz CT molecular complexity index is 340. The summed E-state index contributed by atoms with van der Waals surface area (Å²) in [5, 5.41) is 2.81. The van der Waals surface area contributed by atoms with Gasteiger partial charge < -0.3 is 14.8 Å². The number of benzene rings is 1. The molecule has 0 bridgehead atoms. The molecule has 0 spiro atoms. The molecule has 0 aliphatic heterocycles. The second-order valence-electron chi connectivity index (χ2n) is 3.90. The van der Waals surface area contributed by atoms with Gasteiger partial charge in [0.2, 0.25) is 5.91 Å². The van der Waals surface area contributed by atoms with Gasteiger partial charge in [0.05, 0.1) is 6.61 Å². The highest BCUT2D eigenvalue weighted by Gasteiger charge is 2.10. The third-order valence-electron chi connectivity index (χ3n) is 2.42. The molecule has 1 rings (SSSR count). The SMILES string of the molecule is CCO[C@@H](C)C(=O)NCCCOc1ccccc1. The lowest BCUT2D eigenvalue weighted by molar-refractivity contribution is -0.131. The van der Waals surface area contributed by atoms with Crippen LogP contribution in [-0.2, 0) is 9.53 Å². The zero-order valence-corrected chi connectivity index (χ0v) is 11.0. The van der Waals surface area contributed by atoms with Crippen molar-refractivity contribution in [3.05, 3.63) is 30.3 Å². The molecule has 0 saturated carbocycles. The molecule has 0 radical (unpaired) electrons. The number of carbonyl (C=O) groups is 1. The predicted octanol–water partition coefficient (Wildman–Crippen LogP) is 2.00. The number of hydrogen-bond acceptors (Lipinski definition) is 3. The minimum absolute atomic E-state index is 0.0726. The van der Waals surface area contributed by atoms with E-state index in [4.69, 9.17) is 9.47 Å².